The fourth-order valence-electron chi connectivity index (χ4n) is 1.73. The molecule has 5 nitrogen and oxygen atoms in total. The average molecular weight is 215 g/mol. The summed E-state index contributed by atoms with van der Waals surface area (Å²) >= 11 is 0. The second-order valence-electron chi connectivity index (χ2n) is 3.83. The highest BCUT2D eigenvalue weighted by molar-refractivity contribution is 5.80. The van der Waals surface area contributed by atoms with Crippen molar-refractivity contribution in [1.82, 2.24) is 4.90 Å². The van der Waals surface area contributed by atoms with Crippen LogP contribution in [0.15, 0.2) is 0 Å². The van der Waals surface area contributed by atoms with Gasteiger partial charge in [0.2, 0.25) is 0 Å². The Hall–Kier alpha value is -1.10. The molecule has 86 valence electrons. The quantitative estimate of drug-likeness (QED) is 0.654. The van der Waals surface area contributed by atoms with Crippen LogP contribution in [0.5, 0.6) is 0 Å². The third-order valence-electron chi connectivity index (χ3n) is 2.38. The number of carbonyl (C=O) groups is 2. The molecule has 0 bridgehead atoms. The van der Waals surface area contributed by atoms with Crippen molar-refractivity contribution in [3.8, 4) is 0 Å². The van der Waals surface area contributed by atoms with Gasteiger partial charge in [-0.2, -0.15) is 0 Å². The first kappa shape index (κ1) is 12.0. The molecular weight excluding hydrogens is 198 g/mol. The molecular formula is C10H17NO4. The predicted molar refractivity (Wildman–Crippen MR) is 53.0 cm³/mol. The van der Waals surface area contributed by atoms with Gasteiger partial charge in [-0.05, 0) is 19.8 Å². The van der Waals surface area contributed by atoms with Crippen LogP contribution in [0.1, 0.15) is 26.7 Å². The number of ether oxygens (including phenoxy) is 1. The van der Waals surface area contributed by atoms with Crippen molar-refractivity contribution in [2.45, 2.75) is 38.9 Å². The van der Waals surface area contributed by atoms with Gasteiger partial charge in [0.15, 0.2) is 0 Å². The van der Waals surface area contributed by atoms with Crippen LogP contribution in [0.4, 0.5) is 0 Å². The monoisotopic (exact) mass is 215 g/mol. The lowest BCUT2D eigenvalue weighted by Crippen LogP contribution is -2.47. The number of hydrogen-bond donors (Lipinski definition) is 1. The maximum absolute atomic E-state index is 11.5. The summed E-state index contributed by atoms with van der Waals surface area (Å²) in [7, 11) is 0. The second kappa shape index (κ2) is 5.11. The molecule has 1 heterocycles. The SMILES string of the molecule is CC(=O)OC1CCCN(C(=O)[C@H](C)O)C1. The van der Waals surface area contributed by atoms with Gasteiger partial charge in [-0.1, -0.05) is 0 Å². The predicted octanol–water partition coefficient (Wildman–Crippen LogP) is -0.0787. The molecule has 1 saturated heterocycles. The molecule has 0 aliphatic carbocycles. The largest absolute Gasteiger partial charge is 0.461 e. The molecule has 2 atom stereocenters. The summed E-state index contributed by atoms with van der Waals surface area (Å²) in [5, 5.41) is 9.14. The van der Waals surface area contributed by atoms with E-state index in [-0.39, 0.29) is 18.0 Å². The minimum Gasteiger partial charge on any atom is -0.461 e. The topological polar surface area (TPSA) is 66.8 Å². The fourth-order valence-corrected chi connectivity index (χ4v) is 1.73. The normalized spacial score (nSPS) is 23.4. The molecule has 1 amide bonds. The molecule has 0 aromatic heterocycles. The standard InChI is InChI=1S/C10H17NO4/c1-7(12)10(14)11-5-3-4-9(6-11)15-8(2)13/h7,9,12H,3-6H2,1-2H3/t7-,9?/m0/s1. The highest BCUT2D eigenvalue weighted by Gasteiger charge is 2.27. The van der Waals surface area contributed by atoms with Gasteiger partial charge in [0, 0.05) is 13.5 Å². The lowest BCUT2D eigenvalue weighted by molar-refractivity contribution is -0.154. The van der Waals surface area contributed by atoms with Crippen LogP contribution in [0, 0.1) is 0 Å². The van der Waals surface area contributed by atoms with Gasteiger partial charge in [-0.3, -0.25) is 9.59 Å². The first-order valence-electron chi connectivity index (χ1n) is 5.14. The van der Waals surface area contributed by atoms with Gasteiger partial charge in [0.25, 0.3) is 5.91 Å². The van der Waals surface area contributed by atoms with Crippen LogP contribution in [0.25, 0.3) is 0 Å². The number of rotatable bonds is 2. The molecule has 1 unspecified atom stereocenters. The van der Waals surface area contributed by atoms with Crippen molar-refractivity contribution in [1.29, 1.82) is 0 Å². The number of esters is 1. The van der Waals surface area contributed by atoms with Crippen molar-refractivity contribution in [2.75, 3.05) is 13.1 Å². The van der Waals surface area contributed by atoms with E-state index in [0.717, 1.165) is 12.8 Å². The molecule has 5 heteroatoms. The molecule has 1 rings (SSSR count). The van der Waals surface area contributed by atoms with Gasteiger partial charge in [-0.15, -0.1) is 0 Å². The molecule has 0 aromatic rings. The number of likely N-dealkylation sites (tertiary alicyclic amines) is 1. The number of nitrogens with zero attached hydrogens (tertiary/aromatic N) is 1. The Kier molecular flexibility index (Phi) is 4.08. The third kappa shape index (κ3) is 3.51. The molecule has 15 heavy (non-hydrogen) atoms. The molecule has 1 fully saturated rings. The van der Waals surface area contributed by atoms with E-state index in [0.29, 0.717) is 13.1 Å². The van der Waals surface area contributed by atoms with Crippen molar-refractivity contribution < 1.29 is 19.4 Å². The van der Waals surface area contributed by atoms with Crippen LogP contribution in [-0.4, -0.2) is 47.2 Å². The minimum absolute atomic E-state index is 0.223. The maximum Gasteiger partial charge on any atom is 0.302 e. The highest BCUT2D eigenvalue weighted by Crippen LogP contribution is 2.14. The van der Waals surface area contributed by atoms with Crippen molar-refractivity contribution in [2.24, 2.45) is 0 Å². The van der Waals surface area contributed by atoms with E-state index in [1.165, 1.54) is 13.8 Å². The Bertz CT molecular complexity index is 252. The van der Waals surface area contributed by atoms with Crippen LogP contribution in [-0.2, 0) is 14.3 Å². The Morgan fingerprint density at radius 3 is 2.73 bits per heavy atom. The number of carbonyl (C=O) groups excluding carboxylic acids is 2. The van der Waals surface area contributed by atoms with Gasteiger partial charge in [0.1, 0.15) is 12.2 Å². The second-order valence-corrected chi connectivity index (χ2v) is 3.83. The Labute approximate surface area is 89.0 Å². The van der Waals surface area contributed by atoms with Crippen LogP contribution >= 0.6 is 0 Å². The average Bonchev–Trinajstić information content (AvgIpc) is 2.16. The summed E-state index contributed by atoms with van der Waals surface area (Å²) in [6.07, 6.45) is 0.375. The van der Waals surface area contributed by atoms with E-state index in [2.05, 4.69) is 0 Å². The summed E-state index contributed by atoms with van der Waals surface area (Å²) < 4.78 is 5.04. The van der Waals surface area contributed by atoms with Gasteiger partial charge >= 0.3 is 5.97 Å². The summed E-state index contributed by atoms with van der Waals surface area (Å²) in [4.78, 5) is 23.8. The summed E-state index contributed by atoms with van der Waals surface area (Å²) in [6.45, 7) is 3.82. The van der Waals surface area contributed by atoms with Crippen molar-refractivity contribution >= 4 is 11.9 Å². The van der Waals surface area contributed by atoms with E-state index in [9.17, 15) is 9.59 Å². The molecule has 1 N–H and O–H groups in total. The van der Waals surface area contributed by atoms with E-state index in [1.54, 1.807) is 4.90 Å². The lowest BCUT2D eigenvalue weighted by Gasteiger charge is -2.32. The molecule has 0 aromatic carbocycles. The Morgan fingerprint density at radius 1 is 1.53 bits per heavy atom. The highest BCUT2D eigenvalue weighted by atomic mass is 16.5. The van der Waals surface area contributed by atoms with Gasteiger partial charge in [0.05, 0.1) is 6.54 Å². The van der Waals surface area contributed by atoms with E-state index in [4.69, 9.17) is 9.84 Å². The fraction of sp³-hybridized carbons (Fsp3) is 0.800. The van der Waals surface area contributed by atoms with E-state index < -0.39 is 6.10 Å². The number of hydrogen-bond acceptors (Lipinski definition) is 4. The van der Waals surface area contributed by atoms with Crippen molar-refractivity contribution in [3.63, 3.8) is 0 Å². The van der Waals surface area contributed by atoms with Gasteiger partial charge < -0.3 is 14.7 Å². The van der Waals surface area contributed by atoms with Crippen LogP contribution in [0.2, 0.25) is 0 Å². The van der Waals surface area contributed by atoms with Crippen LogP contribution < -0.4 is 0 Å². The molecule has 1 aliphatic rings. The molecule has 1 aliphatic heterocycles. The van der Waals surface area contributed by atoms with E-state index >= 15 is 0 Å². The minimum atomic E-state index is -0.985. The first-order valence-corrected chi connectivity index (χ1v) is 5.14. The van der Waals surface area contributed by atoms with Crippen LogP contribution in [0.3, 0.4) is 0 Å². The smallest absolute Gasteiger partial charge is 0.302 e. The lowest BCUT2D eigenvalue weighted by atomic mass is 10.1. The molecule has 0 radical (unpaired) electrons. The zero-order valence-electron chi connectivity index (χ0n) is 9.10. The van der Waals surface area contributed by atoms with E-state index in [1.807, 2.05) is 0 Å². The summed E-state index contributed by atoms with van der Waals surface area (Å²) in [6, 6.07) is 0. The zero-order chi connectivity index (χ0) is 11.4. The van der Waals surface area contributed by atoms with Gasteiger partial charge in [-0.25, -0.2) is 0 Å². The Morgan fingerprint density at radius 2 is 2.20 bits per heavy atom. The summed E-state index contributed by atoms with van der Waals surface area (Å²) in [5.74, 6) is -0.627. The number of aliphatic hydroxyl groups excluding tert-OH is 1. The first-order chi connectivity index (χ1) is 7.00. The Balaban J connectivity index is 2.48. The zero-order valence-corrected chi connectivity index (χ0v) is 9.10. The number of aliphatic hydroxyl groups is 1. The third-order valence-corrected chi connectivity index (χ3v) is 2.38. The molecule has 0 spiro atoms. The maximum atomic E-state index is 11.5. The number of amides is 1. The number of piperidine rings is 1. The van der Waals surface area contributed by atoms with Crippen molar-refractivity contribution in [3.05, 3.63) is 0 Å². The summed E-state index contributed by atoms with van der Waals surface area (Å²) in [5.41, 5.74) is 0. The molecule has 0 saturated carbocycles.